The molecule has 5 nitrogen and oxygen atoms in total. The van der Waals surface area contributed by atoms with Crippen molar-refractivity contribution in [1.29, 1.82) is 0 Å². The molecule has 1 aliphatic rings. The summed E-state index contributed by atoms with van der Waals surface area (Å²) in [5.74, 6) is 6.38. The highest BCUT2D eigenvalue weighted by atomic mass is 16.5. The van der Waals surface area contributed by atoms with Crippen molar-refractivity contribution in [2.75, 3.05) is 23.5 Å². The number of aromatic nitrogens is 1. The van der Waals surface area contributed by atoms with Crippen LogP contribution in [0.25, 0.3) is 0 Å². The van der Waals surface area contributed by atoms with Crippen LogP contribution >= 0.6 is 0 Å². The summed E-state index contributed by atoms with van der Waals surface area (Å²) in [6, 6.07) is 12.0. The minimum Gasteiger partial charge on any atom is -0.491 e. The molecule has 0 unspecified atom stereocenters. The van der Waals surface area contributed by atoms with Crippen LogP contribution in [-0.2, 0) is 6.54 Å². The van der Waals surface area contributed by atoms with Crippen LogP contribution in [0.3, 0.4) is 0 Å². The molecule has 0 atom stereocenters. The van der Waals surface area contributed by atoms with E-state index >= 15 is 0 Å². The number of hydrogen-bond donors (Lipinski definition) is 2. The summed E-state index contributed by atoms with van der Waals surface area (Å²) in [7, 11) is 0. The van der Waals surface area contributed by atoms with Crippen LogP contribution in [0.2, 0.25) is 0 Å². The largest absolute Gasteiger partial charge is 0.491 e. The zero-order valence-electron chi connectivity index (χ0n) is 11.2. The molecule has 0 saturated carbocycles. The van der Waals surface area contributed by atoms with Crippen molar-refractivity contribution in [3.05, 3.63) is 48.3 Å². The molecule has 1 aliphatic heterocycles. The zero-order chi connectivity index (χ0) is 13.8. The van der Waals surface area contributed by atoms with E-state index in [1.165, 1.54) is 0 Å². The molecule has 0 saturated heterocycles. The molecule has 0 spiro atoms. The van der Waals surface area contributed by atoms with Gasteiger partial charge in [-0.2, -0.15) is 0 Å². The third-order valence-electron chi connectivity index (χ3n) is 3.37. The van der Waals surface area contributed by atoms with E-state index in [1.54, 1.807) is 6.20 Å². The number of para-hydroxylation sites is 2. The van der Waals surface area contributed by atoms with Gasteiger partial charge in [-0.3, -0.25) is 10.8 Å². The van der Waals surface area contributed by atoms with Gasteiger partial charge in [0.25, 0.3) is 0 Å². The second kappa shape index (κ2) is 5.79. The van der Waals surface area contributed by atoms with Crippen LogP contribution in [0.1, 0.15) is 12.1 Å². The lowest BCUT2D eigenvalue weighted by Crippen LogP contribution is -2.23. The summed E-state index contributed by atoms with van der Waals surface area (Å²) in [6.07, 6.45) is 2.77. The number of pyridine rings is 1. The smallest absolute Gasteiger partial charge is 0.142 e. The number of rotatable bonds is 3. The van der Waals surface area contributed by atoms with Gasteiger partial charge in [0.05, 0.1) is 30.2 Å². The molecule has 0 aliphatic carbocycles. The number of ether oxygens (including phenoxy) is 1. The van der Waals surface area contributed by atoms with Crippen molar-refractivity contribution in [2.24, 2.45) is 5.84 Å². The van der Waals surface area contributed by atoms with Crippen molar-refractivity contribution in [1.82, 2.24) is 4.98 Å². The molecule has 20 heavy (non-hydrogen) atoms. The van der Waals surface area contributed by atoms with Gasteiger partial charge in [-0.05, 0) is 30.7 Å². The standard InChI is InChI=1S/C15H18N4O/c16-18-12-6-7-17-13(10-12)11-19-8-3-9-20-15-5-2-1-4-14(15)19/h1-2,4-7,10H,3,8-9,11,16H2,(H,17,18). The van der Waals surface area contributed by atoms with Crippen LogP contribution in [0.4, 0.5) is 11.4 Å². The molecule has 1 aromatic carbocycles. The summed E-state index contributed by atoms with van der Waals surface area (Å²) in [5, 5.41) is 0. The van der Waals surface area contributed by atoms with E-state index in [-0.39, 0.29) is 0 Å². The fraction of sp³-hybridized carbons (Fsp3) is 0.267. The maximum absolute atomic E-state index is 5.77. The summed E-state index contributed by atoms with van der Waals surface area (Å²) < 4.78 is 5.77. The monoisotopic (exact) mass is 270 g/mol. The molecule has 0 bridgehead atoms. The lowest BCUT2D eigenvalue weighted by atomic mass is 10.2. The van der Waals surface area contributed by atoms with Gasteiger partial charge >= 0.3 is 0 Å². The van der Waals surface area contributed by atoms with Crippen LogP contribution in [0.15, 0.2) is 42.6 Å². The van der Waals surface area contributed by atoms with Crippen LogP contribution in [0, 0.1) is 0 Å². The van der Waals surface area contributed by atoms with Crippen LogP contribution in [0.5, 0.6) is 5.75 Å². The first-order valence-electron chi connectivity index (χ1n) is 6.75. The van der Waals surface area contributed by atoms with Crippen molar-refractivity contribution in [3.63, 3.8) is 0 Å². The number of benzene rings is 1. The lowest BCUT2D eigenvalue weighted by molar-refractivity contribution is 0.322. The van der Waals surface area contributed by atoms with Gasteiger partial charge < -0.3 is 15.1 Å². The molecule has 1 aromatic heterocycles. The van der Waals surface area contributed by atoms with Gasteiger partial charge in [-0.15, -0.1) is 0 Å². The van der Waals surface area contributed by atoms with E-state index in [9.17, 15) is 0 Å². The van der Waals surface area contributed by atoms with Gasteiger partial charge in [0, 0.05) is 12.7 Å². The summed E-state index contributed by atoms with van der Waals surface area (Å²) in [6.45, 7) is 2.46. The number of fused-ring (bicyclic) bond motifs is 1. The second-order valence-electron chi connectivity index (χ2n) is 4.77. The Hall–Kier alpha value is -2.27. The molecule has 3 N–H and O–H groups in total. The number of nitrogens with two attached hydrogens (primary N) is 1. The maximum atomic E-state index is 5.77. The van der Waals surface area contributed by atoms with Crippen molar-refractivity contribution >= 4 is 11.4 Å². The van der Waals surface area contributed by atoms with Gasteiger partial charge in [0.2, 0.25) is 0 Å². The zero-order valence-corrected chi connectivity index (χ0v) is 11.2. The van der Waals surface area contributed by atoms with Gasteiger partial charge in [0.1, 0.15) is 5.75 Å². The molecule has 2 heterocycles. The summed E-state index contributed by atoms with van der Waals surface area (Å²) >= 11 is 0. The molecule has 104 valence electrons. The number of nitrogens with one attached hydrogen (secondary N) is 1. The van der Waals surface area contributed by atoms with E-state index in [2.05, 4.69) is 21.4 Å². The molecule has 2 aromatic rings. The van der Waals surface area contributed by atoms with Gasteiger partial charge in [0.15, 0.2) is 0 Å². The van der Waals surface area contributed by atoms with Crippen LogP contribution in [-0.4, -0.2) is 18.1 Å². The maximum Gasteiger partial charge on any atom is 0.142 e. The quantitative estimate of drug-likeness (QED) is 0.661. The number of nitrogens with zero attached hydrogens (tertiary/aromatic N) is 2. The molecule has 5 heteroatoms. The SMILES string of the molecule is NNc1ccnc(CN2CCCOc3ccccc32)c1. The van der Waals surface area contributed by atoms with Gasteiger partial charge in [-0.25, -0.2) is 0 Å². The highest BCUT2D eigenvalue weighted by Crippen LogP contribution is 2.31. The molecule has 0 radical (unpaired) electrons. The predicted molar refractivity (Wildman–Crippen MR) is 79.7 cm³/mol. The summed E-state index contributed by atoms with van der Waals surface area (Å²) in [4.78, 5) is 6.70. The van der Waals surface area contributed by atoms with E-state index in [0.29, 0.717) is 0 Å². The number of nitrogen functional groups attached to an aromatic ring is 1. The Kier molecular flexibility index (Phi) is 3.69. The normalized spacial score (nSPS) is 14.2. The Balaban J connectivity index is 1.86. The lowest BCUT2D eigenvalue weighted by Gasteiger charge is -2.23. The predicted octanol–water partition coefficient (Wildman–Crippen LogP) is 2.16. The second-order valence-corrected chi connectivity index (χ2v) is 4.77. The number of anilines is 2. The highest BCUT2D eigenvalue weighted by Gasteiger charge is 2.16. The van der Waals surface area contributed by atoms with Crippen molar-refractivity contribution in [2.45, 2.75) is 13.0 Å². The first-order chi connectivity index (χ1) is 9.86. The third-order valence-corrected chi connectivity index (χ3v) is 3.37. The van der Waals surface area contributed by atoms with Crippen molar-refractivity contribution < 1.29 is 4.74 Å². The Labute approximate surface area is 118 Å². The average molecular weight is 270 g/mol. The highest BCUT2D eigenvalue weighted by molar-refractivity contribution is 5.59. The minimum atomic E-state index is 0.746. The van der Waals surface area contributed by atoms with E-state index < -0.39 is 0 Å². The van der Waals surface area contributed by atoms with E-state index in [4.69, 9.17) is 10.6 Å². The minimum absolute atomic E-state index is 0.746. The summed E-state index contributed by atoms with van der Waals surface area (Å²) in [5.41, 5.74) is 5.63. The molecular formula is C15H18N4O. The van der Waals surface area contributed by atoms with Gasteiger partial charge in [-0.1, -0.05) is 12.1 Å². The Morgan fingerprint density at radius 1 is 1.30 bits per heavy atom. The fourth-order valence-electron chi connectivity index (χ4n) is 2.41. The number of hydrogen-bond acceptors (Lipinski definition) is 5. The third kappa shape index (κ3) is 2.67. The molecule has 0 amide bonds. The average Bonchev–Trinajstić information content (AvgIpc) is 2.70. The Morgan fingerprint density at radius 2 is 2.20 bits per heavy atom. The van der Waals surface area contributed by atoms with Crippen molar-refractivity contribution in [3.8, 4) is 5.75 Å². The first-order valence-corrected chi connectivity index (χ1v) is 6.75. The van der Waals surface area contributed by atoms with E-state index in [0.717, 1.165) is 48.9 Å². The van der Waals surface area contributed by atoms with E-state index in [1.807, 2.05) is 30.3 Å². The Bertz CT molecular complexity index is 588. The first kappa shape index (κ1) is 12.7. The molecule has 3 rings (SSSR count). The topological polar surface area (TPSA) is 63.4 Å². The molecular weight excluding hydrogens is 252 g/mol. The number of hydrazine groups is 1. The fourth-order valence-corrected chi connectivity index (χ4v) is 2.41. The Morgan fingerprint density at radius 3 is 3.10 bits per heavy atom. The van der Waals surface area contributed by atoms with Crippen LogP contribution < -0.4 is 20.9 Å². The molecule has 0 fully saturated rings.